The van der Waals surface area contributed by atoms with Gasteiger partial charge in [0.2, 0.25) is 0 Å². The number of nitrogens with two attached hydrogens (primary N) is 1. The van der Waals surface area contributed by atoms with Gasteiger partial charge in [0.05, 0.1) is 18.5 Å². The maximum absolute atomic E-state index is 11.3. The monoisotopic (exact) mass is 259 g/mol. The highest BCUT2D eigenvalue weighted by molar-refractivity contribution is 7.91. The lowest BCUT2D eigenvalue weighted by Crippen LogP contribution is -2.21. The smallest absolute Gasteiger partial charge is 0.151 e. The molecule has 2 N–H and O–H groups in total. The number of rotatable bonds is 7. The van der Waals surface area contributed by atoms with Crippen LogP contribution < -0.4 is 5.73 Å². The Morgan fingerprint density at radius 3 is 2.76 bits per heavy atom. The first kappa shape index (κ1) is 14.2. The molecule has 0 aliphatic rings. The van der Waals surface area contributed by atoms with Crippen molar-refractivity contribution in [2.24, 2.45) is 5.73 Å². The van der Waals surface area contributed by atoms with E-state index in [9.17, 15) is 8.42 Å². The standard InChI is InChI=1S/C11H21N3O2S/c1-3-11(12)7-10-8-13-14(9-10)5-6-17(15,16)4-2/h8-9,11H,3-7,12H2,1-2H3. The molecule has 0 saturated heterocycles. The van der Waals surface area contributed by atoms with Gasteiger partial charge in [0.15, 0.2) is 9.84 Å². The van der Waals surface area contributed by atoms with Crippen molar-refractivity contribution < 1.29 is 8.42 Å². The van der Waals surface area contributed by atoms with Crippen molar-refractivity contribution in [2.45, 2.75) is 39.3 Å². The Kier molecular flexibility index (Phi) is 5.14. The van der Waals surface area contributed by atoms with Crippen LogP contribution in [0.3, 0.4) is 0 Å². The molecule has 0 amide bonds. The van der Waals surface area contributed by atoms with Gasteiger partial charge in [0.25, 0.3) is 0 Å². The van der Waals surface area contributed by atoms with Gasteiger partial charge in [-0.25, -0.2) is 8.42 Å². The Morgan fingerprint density at radius 2 is 2.18 bits per heavy atom. The lowest BCUT2D eigenvalue weighted by Gasteiger charge is -2.05. The molecule has 1 rings (SSSR count). The second-order valence-electron chi connectivity index (χ2n) is 4.22. The van der Waals surface area contributed by atoms with E-state index >= 15 is 0 Å². The molecule has 1 unspecified atom stereocenters. The SMILES string of the molecule is CCC(N)Cc1cnn(CCS(=O)(=O)CC)c1. The molecule has 0 radical (unpaired) electrons. The topological polar surface area (TPSA) is 78.0 Å². The van der Waals surface area contributed by atoms with E-state index in [1.807, 2.05) is 13.1 Å². The van der Waals surface area contributed by atoms with Crippen LogP contribution in [-0.4, -0.2) is 35.7 Å². The molecular formula is C11H21N3O2S. The average Bonchev–Trinajstić information content (AvgIpc) is 2.74. The summed E-state index contributed by atoms with van der Waals surface area (Å²) in [6, 6.07) is 0.145. The molecule has 98 valence electrons. The quantitative estimate of drug-likeness (QED) is 0.777. The highest BCUT2D eigenvalue weighted by Crippen LogP contribution is 2.04. The van der Waals surface area contributed by atoms with Crippen LogP contribution in [0.5, 0.6) is 0 Å². The molecule has 0 aliphatic carbocycles. The van der Waals surface area contributed by atoms with Crippen LogP contribution in [0, 0.1) is 0 Å². The van der Waals surface area contributed by atoms with Gasteiger partial charge in [-0.2, -0.15) is 5.10 Å². The number of hydrogen-bond acceptors (Lipinski definition) is 4. The molecule has 0 fully saturated rings. The average molecular weight is 259 g/mol. The predicted molar refractivity (Wildman–Crippen MR) is 68.5 cm³/mol. The van der Waals surface area contributed by atoms with Crippen LogP contribution in [-0.2, 0) is 22.8 Å². The van der Waals surface area contributed by atoms with E-state index in [4.69, 9.17) is 5.73 Å². The van der Waals surface area contributed by atoms with Gasteiger partial charge in [-0.15, -0.1) is 0 Å². The molecule has 0 aliphatic heterocycles. The highest BCUT2D eigenvalue weighted by atomic mass is 32.2. The fourth-order valence-corrected chi connectivity index (χ4v) is 2.21. The Bertz CT molecular complexity index is 439. The largest absolute Gasteiger partial charge is 0.327 e. The van der Waals surface area contributed by atoms with Gasteiger partial charge in [0, 0.05) is 18.0 Å². The van der Waals surface area contributed by atoms with Crippen LogP contribution in [0.25, 0.3) is 0 Å². The summed E-state index contributed by atoms with van der Waals surface area (Å²) in [5.74, 6) is 0.326. The van der Waals surface area contributed by atoms with Crippen LogP contribution >= 0.6 is 0 Å². The lowest BCUT2D eigenvalue weighted by atomic mass is 10.1. The molecule has 17 heavy (non-hydrogen) atoms. The van der Waals surface area contributed by atoms with E-state index in [0.717, 1.165) is 18.4 Å². The van der Waals surface area contributed by atoms with E-state index < -0.39 is 9.84 Å². The molecule has 1 aromatic rings. The Balaban J connectivity index is 2.52. The third-order valence-electron chi connectivity index (χ3n) is 2.78. The maximum Gasteiger partial charge on any atom is 0.151 e. The minimum absolute atomic E-state index is 0.143. The van der Waals surface area contributed by atoms with Crippen LogP contribution in [0.4, 0.5) is 0 Å². The van der Waals surface area contributed by atoms with Gasteiger partial charge in [0.1, 0.15) is 0 Å². The van der Waals surface area contributed by atoms with Gasteiger partial charge >= 0.3 is 0 Å². The summed E-state index contributed by atoms with van der Waals surface area (Å²) in [5, 5.41) is 4.14. The van der Waals surface area contributed by atoms with Crippen molar-refractivity contribution in [1.29, 1.82) is 0 Å². The molecular weight excluding hydrogens is 238 g/mol. The second-order valence-corrected chi connectivity index (χ2v) is 6.69. The minimum atomic E-state index is -2.92. The van der Waals surface area contributed by atoms with E-state index in [1.54, 1.807) is 17.8 Å². The number of nitrogens with zero attached hydrogens (tertiary/aromatic N) is 2. The molecule has 0 aromatic carbocycles. The number of hydrogen-bond donors (Lipinski definition) is 1. The summed E-state index contributed by atoms with van der Waals surface area (Å²) in [4.78, 5) is 0. The fraction of sp³-hybridized carbons (Fsp3) is 0.727. The Labute approximate surface area is 103 Å². The van der Waals surface area contributed by atoms with Gasteiger partial charge in [-0.05, 0) is 18.4 Å². The minimum Gasteiger partial charge on any atom is -0.327 e. The number of aromatic nitrogens is 2. The first-order chi connectivity index (χ1) is 7.96. The van der Waals surface area contributed by atoms with Crippen LogP contribution in [0.15, 0.2) is 12.4 Å². The summed E-state index contributed by atoms with van der Waals surface area (Å²) in [6.07, 6.45) is 5.35. The van der Waals surface area contributed by atoms with E-state index in [-0.39, 0.29) is 17.5 Å². The summed E-state index contributed by atoms with van der Waals surface area (Å²) < 4.78 is 24.4. The van der Waals surface area contributed by atoms with Crippen molar-refractivity contribution in [1.82, 2.24) is 9.78 Å². The molecule has 0 spiro atoms. The molecule has 6 heteroatoms. The fourth-order valence-electron chi connectivity index (χ4n) is 1.46. The molecule has 1 heterocycles. The van der Waals surface area contributed by atoms with Gasteiger partial charge < -0.3 is 5.73 Å². The Morgan fingerprint density at radius 1 is 1.47 bits per heavy atom. The predicted octanol–water partition coefficient (Wildman–Crippen LogP) is 0.598. The molecule has 1 aromatic heterocycles. The summed E-state index contributed by atoms with van der Waals surface area (Å²) in [7, 11) is -2.92. The zero-order valence-corrected chi connectivity index (χ0v) is 11.3. The Hall–Kier alpha value is -0.880. The first-order valence-corrected chi connectivity index (χ1v) is 7.76. The molecule has 0 saturated carbocycles. The summed E-state index contributed by atoms with van der Waals surface area (Å²) in [6.45, 7) is 4.12. The van der Waals surface area contributed by atoms with E-state index in [1.165, 1.54) is 0 Å². The molecule has 1 atom stereocenters. The van der Waals surface area contributed by atoms with Crippen molar-refractivity contribution in [3.63, 3.8) is 0 Å². The first-order valence-electron chi connectivity index (χ1n) is 5.94. The molecule has 5 nitrogen and oxygen atoms in total. The third kappa shape index (κ3) is 4.87. The lowest BCUT2D eigenvalue weighted by molar-refractivity contribution is 0.581. The van der Waals surface area contributed by atoms with E-state index in [0.29, 0.717) is 6.54 Å². The summed E-state index contributed by atoms with van der Waals surface area (Å²) in [5.41, 5.74) is 6.91. The van der Waals surface area contributed by atoms with Crippen LogP contribution in [0.1, 0.15) is 25.8 Å². The van der Waals surface area contributed by atoms with Crippen molar-refractivity contribution in [3.8, 4) is 0 Å². The molecule has 0 bridgehead atoms. The second kappa shape index (κ2) is 6.16. The third-order valence-corrected chi connectivity index (χ3v) is 4.46. The number of aryl methyl sites for hydroxylation is 1. The zero-order chi connectivity index (χ0) is 12.9. The van der Waals surface area contributed by atoms with E-state index in [2.05, 4.69) is 5.10 Å². The van der Waals surface area contributed by atoms with Gasteiger partial charge in [-0.3, -0.25) is 4.68 Å². The highest BCUT2D eigenvalue weighted by Gasteiger charge is 2.09. The zero-order valence-electron chi connectivity index (χ0n) is 10.5. The van der Waals surface area contributed by atoms with Crippen molar-refractivity contribution >= 4 is 9.84 Å². The van der Waals surface area contributed by atoms with Gasteiger partial charge in [-0.1, -0.05) is 13.8 Å². The van der Waals surface area contributed by atoms with Crippen molar-refractivity contribution in [3.05, 3.63) is 18.0 Å². The van der Waals surface area contributed by atoms with Crippen LogP contribution in [0.2, 0.25) is 0 Å². The maximum atomic E-state index is 11.3. The normalized spacial score (nSPS) is 13.8. The summed E-state index contributed by atoms with van der Waals surface area (Å²) >= 11 is 0. The van der Waals surface area contributed by atoms with Crippen molar-refractivity contribution in [2.75, 3.05) is 11.5 Å². The number of sulfone groups is 1.